The summed E-state index contributed by atoms with van der Waals surface area (Å²) in [7, 11) is 2.00. The molecule has 178 valence electrons. The molecule has 0 fully saturated rings. The molecule has 0 spiro atoms. The Balaban J connectivity index is 1.52. The van der Waals surface area contributed by atoms with Crippen molar-refractivity contribution < 1.29 is 4.79 Å². The lowest BCUT2D eigenvalue weighted by Gasteiger charge is -2.24. The molecule has 0 N–H and O–H groups in total. The van der Waals surface area contributed by atoms with Gasteiger partial charge in [0.15, 0.2) is 10.9 Å². The Hall–Kier alpha value is -3.65. The number of hydrogen-bond acceptors (Lipinski definition) is 6. The van der Waals surface area contributed by atoms with Crippen molar-refractivity contribution in [3.63, 3.8) is 0 Å². The van der Waals surface area contributed by atoms with Gasteiger partial charge in [-0.15, -0.1) is 16.8 Å². The number of carbonyl (C=O) groups is 1. The zero-order chi connectivity index (χ0) is 24.9. The third-order valence-corrected chi connectivity index (χ3v) is 7.75. The summed E-state index contributed by atoms with van der Waals surface area (Å²) in [6.07, 6.45) is 3.42. The normalized spacial score (nSPS) is 16.7. The first-order valence-electron chi connectivity index (χ1n) is 11.5. The van der Waals surface area contributed by atoms with Gasteiger partial charge in [-0.05, 0) is 30.7 Å². The number of thioether (sulfide) groups is 1. The van der Waals surface area contributed by atoms with Crippen molar-refractivity contribution in [3.05, 3.63) is 88.9 Å². The predicted octanol–water partition coefficient (Wildman–Crippen LogP) is 4.59. The van der Waals surface area contributed by atoms with E-state index in [4.69, 9.17) is 0 Å². The molecule has 2 aromatic carbocycles. The van der Waals surface area contributed by atoms with E-state index in [1.807, 2.05) is 48.7 Å². The zero-order valence-corrected chi connectivity index (χ0v) is 21.0. The van der Waals surface area contributed by atoms with E-state index in [9.17, 15) is 9.59 Å². The first kappa shape index (κ1) is 23.1. The highest BCUT2D eigenvalue weighted by atomic mass is 32.2. The van der Waals surface area contributed by atoms with Gasteiger partial charge in [0, 0.05) is 36.5 Å². The van der Waals surface area contributed by atoms with E-state index in [0.717, 1.165) is 11.4 Å². The lowest BCUT2D eigenvalue weighted by atomic mass is 9.83. The molecule has 3 heterocycles. The Labute approximate surface area is 207 Å². The first-order chi connectivity index (χ1) is 16.8. The second kappa shape index (κ2) is 8.53. The Morgan fingerprint density at radius 3 is 2.60 bits per heavy atom. The molecule has 4 aromatic rings. The van der Waals surface area contributed by atoms with Gasteiger partial charge in [-0.2, -0.15) is 0 Å². The molecule has 5 rings (SSSR count). The molecule has 0 bridgehead atoms. The molecule has 1 unspecified atom stereocenters. The summed E-state index contributed by atoms with van der Waals surface area (Å²) in [6, 6.07) is 15.6. The molecule has 1 atom stereocenters. The quantitative estimate of drug-likeness (QED) is 0.226. The summed E-state index contributed by atoms with van der Waals surface area (Å²) < 4.78 is 3.40. The summed E-state index contributed by atoms with van der Waals surface area (Å²) in [6.45, 7) is 10.2. The van der Waals surface area contributed by atoms with Gasteiger partial charge in [-0.25, -0.2) is 0 Å². The molecule has 0 saturated carbocycles. The summed E-state index contributed by atoms with van der Waals surface area (Å²) in [5, 5.41) is 9.39. The Morgan fingerprint density at radius 1 is 1.14 bits per heavy atom. The third-order valence-electron chi connectivity index (χ3n) is 6.69. The highest BCUT2D eigenvalue weighted by Gasteiger charge is 2.39. The monoisotopic (exact) mass is 485 g/mol. The minimum atomic E-state index is -0.402. The molecule has 0 amide bonds. The Morgan fingerprint density at radius 2 is 1.86 bits per heavy atom. The number of para-hydroxylation sites is 2. The molecule has 1 aliphatic heterocycles. The van der Waals surface area contributed by atoms with Crippen molar-refractivity contribution in [2.75, 3.05) is 11.9 Å². The Bertz CT molecular complexity index is 1580. The van der Waals surface area contributed by atoms with Gasteiger partial charge in [-0.1, -0.05) is 62.0 Å². The molecule has 35 heavy (non-hydrogen) atoms. The van der Waals surface area contributed by atoms with Crippen LogP contribution in [0.2, 0.25) is 0 Å². The first-order valence-corrected chi connectivity index (χ1v) is 12.4. The van der Waals surface area contributed by atoms with E-state index in [1.54, 1.807) is 22.8 Å². The molecule has 7 nitrogen and oxygen atoms in total. The summed E-state index contributed by atoms with van der Waals surface area (Å²) >= 11 is 1.34. The fourth-order valence-corrected chi connectivity index (χ4v) is 5.70. The van der Waals surface area contributed by atoms with E-state index in [1.165, 1.54) is 17.3 Å². The largest absolute Gasteiger partial charge is 0.347 e. The van der Waals surface area contributed by atoms with E-state index in [-0.39, 0.29) is 16.8 Å². The number of nitrogens with zero attached hydrogens (tertiary/aromatic N) is 5. The van der Waals surface area contributed by atoms with Crippen LogP contribution in [0.25, 0.3) is 16.7 Å². The summed E-state index contributed by atoms with van der Waals surface area (Å²) in [5.41, 5.74) is 3.59. The van der Waals surface area contributed by atoms with Gasteiger partial charge >= 0.3 is 0 Å². The summed E-state index contributed by atoms with van der Waals surface area (Å²) in [5.74, 6) is 0.430. The molecule has 0 radical (unpaired) electrons. The van der Waals surface area contributed by atoms with Gasteiger partial charge in [0.1, 0.15) is 0 Å². The number of likely N-dealkylation sites (N-methyl/N-ethyl adjacent to an activating group) is 1. The van der Waals surface area contributed by atoms with E-state index < -0.39 is 5.25 Å². The van der Waals surface area contributed by atoms with Gasteiger partial charge < -0.3 is 4.90 Å². The zero-order valence-electron chi connectivity index (χ0n) is 20.2. The van der Waals surface area contributed by atoms with Crippen LogP contribution in [0.4, 0.5) is 5.69 Å². The summed E-state index contributed by atoms with van der Waals surface area (Å²) in [4.78, 5) is 28.5. The van der Waals surface area contributed by atoms with Crippen LogP contribution in [-0.2, 0) is 16.8 Å². The Kier molecular flexibility index (Phi) is 5.63. The van der Waals surface area contributed by atoms with Crippen molar-refractivity contribution in [1.29, 1.82) is 0 Å². The van der Waals surface area contributed by atoms with Crippen LogP contribution >= 0.6 is 11.8 Å². The van der Waals surface area contributed by atoms with Crippen molar-refractivity contribution in [3.8, 4) is 0 Å². The minimum absolute atomic E-state index is 0.00167. The fraction of sp³-hybridized carbons (Fsp3) is 0.259. The SMILES string of the molecule is C=CCn1c(=O)c2ccccc2n2c(SC(C)C(=O)/C=C3/N(C)c4ccccc4C3(C)C)nnc12. The molecule has 8 heteroatoms. The van der Waals surface area contributed by atoms with Crippen molar-refractivity contribution in [1.82, 2.24) is 19.2 Å². The van der Waals surface area contributed by atoms with Crippen molar-refractivity contribution >= 4 is 39.9 Å². The second-order valence-electron chi connectivity index (χ2n) is 9.23. The molecular weight excluding hydrogens is 458 g/mol. The number of benzene rings is 2. The smallest absolute Gasteiger partial charge is 0.263 e. The topological polar surface area (TPSA) is 72.5 Å². The number of hydrogen-bond donors (Lipinski definition) is 0. The second-order valence-corrected chi connectivity index (χ2v) is 10.5. The van der Waals surface area contributed by atoms with Crippen LogP contribution in [0.15, 0.2) is 82.9 Å². The number of fused-ring (bicyclic) bond motifs is 4. The molecule has 1 aliphatic rings. The van der Waals surface area contributed by atoms with Crippen LogP contribution < -0.4 is 10.5 Å². The molecule has 0 aliphatic carbocycles. The van der Waals surface area contributed by atoms with Crippen molar-refractivity contribution in [2.24, 2.45) is 0 Å². The van der Waals surface area contributed by atoms with Crippen LogP contribution in [0.3, 0.4) is 0 Å². The maximum atomic E-state index is 13.4. The van der Waals surface area contributed by atoms with Crippen LogP contribution in [0.1, 0.15) is 26.3 Å². The molecule has 0 saturated heterocycles. The number of ketones is 1. The van der Waals surface area contributed by atoms with Gasteiger partial charge in [0.2, 0.25) is 5.78 Å². The van der Waals surface area contributed by atoms with Gasteiger partial charge in [0.05, 0.1) is 16.2 Å². The van der Waals surface area contributed by atoms with E-state index in [0.29, 0.717) is 28.4 Å². The highest BCUT2D eigenvalue weighted by molar-refractivity contribution is 8.00. The average molecular weight is 486 g/mol. The predicted molar refractivity (Wildman–Crippen MR) is 141 cm³/mol. The number of anilines is 1. The number of allylic oxidation sites excluding steroid dienone is 3. The average Bonchev–Trinajstić information content (AvgIpc) is 3.35. The van der Waals surface area contributed by atoms with Gasteiger partial charge in [0.25, 0.3) is 5.56 Å². The molecule has 2 aromatic heterocycles. The number of rotatable bonds is 6. The van der Waals surface area contributed by atoms with Gasteiger partial charge in [-0.3, -0.25) is 18.6 Å². The third kappa shape index (κ3) is 3.60. The number of aromatic nitrogens is 4. The van der Waals surface area contributed by atoms with E-state index in [2.05, 4.69) is 47.7 Å². The van der Waals surface area contributed by atoms with E-state index >= 15 is 0 Å². The van der Waals surface area contributed by atoms with Crippen molar-refractivity contribution in [2.45, 2.75) is 43.1 Å². The maximum absolute atomic E-state index is 13.4. The highest BCUT2D eigenvalue weighted by Crippen LogP contribution is 2.46. The standard InChI is InChI=1S/C27H27N5O2S/c1-6-15-31-24(34)18-11-7-9-13-20(18)32-25(31)28-29-26(32)35-17(2)22(33)16-23-27(3,4)19-12-8-10-14-21(19)30(23)5/h6-14,16-17H,1,15H2,2-5H3/b23-16+. The lowest BCUT2D eigenvalue weighted by molar-refractivity contribution is -0.114. The maximum Gasteiger partial charge on any atom is 0.263 e. The van der Waals surface area contributed by atoms with Crippen LogP contribution in [0, 0.1) is 0 Å². The number of carbonyl (C=O) groups excluding carboxylic acids is 1. The molecular formula is C27H27N5O2S. The van der Waals surface area contributed by atoms with Crippen LogP contribution in [0.5, 0.6) is 0 Å². The minimum Gasteiger partial charge on any atom is -0.347 e. The van der Waals surface area contributed by atoms with Crippen LogP contribution in [-0.4, -0.2) is 37.2 Å². The fourth-order valence-electron chi connectivity index (χ4n) is 4.83. The lowest BCUT2D eigenvalue weighted by Crippen LogP contribution is -2.25.